The van der Waals surface area contributed by atoms with E-state index in [1.165, 1.54) is 12.3 Å². The molecule has 0 saturated carbocycles. The van der Waals surface area contributed by atoms with E-state index < -0.39 is 0 Å². The van der Waals surface area contributed by atoms with Crippen molar-refractivity contribution >= 4 is 11.7 Å². The number of amides is 1. The number of aromatic nitrogens is 1. The Kier molecular flexibility index (Phi) is 3.08. The smallest absolute Gasteiger partial charge is 0.254 e. The lowest BCUT2D eigenvalue weighted by Crippen LogP contribution is -2.43. The van der Waals surface area contributed by atoms with E-state index in [0.717, 1.165) is 0 Å². The predicted octanol–water partition coefficient (Wildman–Crippen LogP) is 0.426. The standard InChI is InChI=1S/C12H14N2O3/c1-8-7-14(5-3-10(8)15)12(17)9-2-4-13-11(16)6-9/h2,4,6,8H,3,5,7H2,1H3,(H,13,16). The van der Waals surface area contributed by atoms with E-state index in [-0.39, 0.29) is 23.2 Å². The summed E-state index contributed by atoms with van der Waals surface area (Å²) in [4.78, 5) is 38.6. The summed E-state index contributed by atoms with van der Waals surface area (Å²) in [6.45, 7) is 2.69. The van der Waals surface area contributed by atoms with Crippen LogP contribution in [0.1, 0.15) is 23.7 Å². The monoisotopic (exact) mass is 234 g/mol. The number of piperidine rings is 1. The molecule has 2 rings (SSSR count). The van der Waals surface area contributed by atoms with Crippen molar-refractivity contribution in [2.45, 2.75) is 13.3 Å². The minimum absolute atomic E-state index is 0.116. The molecule has 2 heterocycles. The number of ketones is 1. The highest BCUT2D eigenvalue weighted by Gasteiger charge is 2.27. The summed E-state index contributed by atoms with van der Waals surface area (Å²) in [6.07, 6.45) is 1.85. The van der Waals surface area contributed by atoms with Gasteiger partial charge in [0.05, 0.1) is 0 Å². The van der Waals surface area contributed by atoms with Gasteiger partial charge in [-0.25, -0.2) is 0 Å². The molecule has 0 bridgehead atoms. The van der Waals surface area contributed by atoms with Crippen molar-refractivity contribution in [2.75, 3.05) is 13.1 Å². The van der Waals surface area contributed by atoms with Crippen LogP contribution in [0.3, 0.4) is 0 Å². The topological polar surface area (TPSA) is 70.2 Å². The second-order valence-electron chi connectivity index (χ2n) is 4.31. The Morgan fingerprint density at radius 2 is 2.24 bits per heavy atom. The molecule has 5 heteroatoms. The summed E-state index contributed by atoms with van der Waals surface area (Å²) in [7, 11) is 0. The van der Waals surface area contributed by atoms with Crippen LogP contribution in [-0.4, -0.2) is 34.7 Å². The van der Waals surface area contributed by atoms with E-state index in [1.807, 2.05) is 6.92 Å². The van der Waals surface area contributed by atoms with E-state index in [9.17, 15) is 14.4 Å². The van der Waals surface area contributed by atoms with Gasteiger partial charge < -0.3 is 9.88 Å². The summed E-state index contributed by atoms with van der Waals surface area (Å²) >= 11 is 0. The van der Waals surface area contributed by atoms with Crippen LogP contribution in [0.5, 0.6) is 0 Å². The summed E-state index contributed by atoms with van der Waals surface area (Å²) < 4.78 is 0. The highest BCUT2D eigenvalue weighted by Crippen LogP contribution is 2.14. The molecular weight excluding hydrogens is 220 g/mol. The predicted molar refractivity (Wildman–Crippen MR) is 61.8 cm³/mol. The third-order valence-corrected chi connectivity index (χ3v) is 2.98. The van der Waals surface area contributed by atoms with Gasteiger partial charge in [0, 0.05) is 43.3 Å². The number of nitrogens with zero attached hydrogens (tertiary/aromatic N) is 1. The fourth-order valence-corrected chi connectivity index (χ4v) is 1.96. The lowest BCUT2D eigenvalue weighted by atomic mass is 9.98. The number of Topliss-reactive ketones (excluding diaryl/α,β-unsaturated/α-hetero) is 1. The first-order chi connectivity index (χ1) is 8.08. The zero-order chi connectivity index (χ0) is 12.4. The van der Waals surface area contributed by atoms with Crippen LogP contribution in [0.15, 0.2) is 23.1 Å². The number of aromatic amines is 1. The molecule has 0 aromatic carbocycles. The Labute approximate surface area is 98.4 Å². The number of nitrogens with one attached hydrogen (secondary N) is 1. The van der Waals surface area contributed by atoms with Crippen LogP contribution >= 0.6 is 0 Å². The lowest BCUT2D eigenvalue weighted by molar-refractivity contribution is -0.124. The summed E-state index contributed by atoms with van der Waals surface area (Å²) in [5, 5.41) is 0. The molecule has 17 heavy (non-hydrogen) atoms. The van der Waals surface area contributed by atoms with Gasteiger partial charge in [0.25, 0.3) is 5.91 Å². The van der Waals surface area contributed by atoms with Crippen LogP contribution in [0.2, 0.25) is 0 Å². The average molecular weight is 234 g/mol. The van der Waals surface area contributed by atoms with Gasteiger partial charge in [-0.15, -0.1) is 0 Å². The first kappa shape index (κ1) is 11.6. The highest BCUT2D eigenvalue weighted by atomic mass is 16.2. The summed E-state index contributed by atoms with van der Waals surface area (Å²) in [5.74, 6) is -0.106. The van der Waals surface area contributed by atoms with Crippen molar-refractivity contribution in [1.82, 2.24) is 9.88 Å². The molecule has 1 N–H and O–H groups in total. The van der Waals surface area contributed by atoms with Crippen molar-refractivity contribution in [3.8, 4) is 0 Å². The van der Waals surface area contributed by atoms with Crippen LogP contribution < -0.4 is 5.56 Å². The van der Waals surface area contributed by atoms with Gasteiger partial charge in [0.1, 0.15) is 5.78 Å². The number of hydrogen-bond acceptors (Lipinski definition) is 3. The molecule has 1 amide bonds. The molecule has 1 aromatic heterocycles. The first-order valence-electron chi connectivity index (χ1n) is 5.58. The highest BCUT2D eigenvalue weighted by molar-refractivity contribution is 5.95. The number of hydrogen-bond donors (Lipinski definition) is 1. The second kappa shape index (κ2) is 4.53. The fraction of sp³-hybridized carbons (Fsp3) is 0.417. The molecule has 1 saturated heterocycles. The zero-order valence-corrected chi connectivity index (χ0v) is 9.60. The van der Waals surface area contributed by atoms with Gasteiger partial charge in [0.15, 0.2) is 0 Å². The molecule has 1 atom stereocenters. The van der Waals surface area contributed by atoms with Gasteiger partial charge in [-0.05, 0) is 6.07 Å². The largest absolute Gasteiger partial charge is 0.337 e. The molecule has 1 aromatic rings. The Hall–Kier alpha value is -1.91. The summed E-state index contributed by atoms with van der Waals surface area (Å²) in [5.41, 5.74) is 0.0762. The average Bonchev–Trinajstić information content (AvgIpc) is 2.32. The maximum Gasteiger partial charge on any atom is 0.254 e. The maximum atomic E-state index is 12.1. The van der Waals surface area contributed by atoms with Crippen LogP contribution in [0, 0.1) is 5.92 Å². The van der Waals surface area contributed by atoms with Crippen LogP contribution in [-0.2, 0) is 4.79 Å². The molecule has 90 valence electrons. The Balaban J connectivity index is 2.16. The SMILES string of the molecule is CC1CN(C(=O)c2cc[nH]c(=O)c2)CCC1=O. The van der Waals surface area contributed by atoms with E-state index in [1.54, 1.807) is 11.0 Å². The molecule has 1 aliphatic heterocycles. The van der Waals surface area contributed by atoms with Crippen molar-refractivity contribution in [1.29, 1.82) is 0 Å². The van der Waals surface area contributed by atoms with Gasteiger partial charge in [-0.1, -0.05) is 6.92 Å². The molecule has 0 aliphatic carbocycles. The molecular formula is C12H14N2O3. The summed E-state index contributed by atoms with van der Waals surface area (Å²) in [6, 6.07) is 2.86. The van der Waals surface area contributed by atoms with E-state index in [0.29, 0.717) is 25.1 Å². The quantitative estimate of drug-likeness (QED) is 0.765. The number of carbonyl (C=O) groups is 2. The number of H-pyrrole nitrogens is 1. The molecule has 0 spiro atoms. The Morgan fingerprint density at radius 3 is 2.88 bits per heavy atom. The number of rotatable bonds is 1. The molecule has 0 radical (unpaired) electrons. The first-order valence-corrected chi connectivity index (χ1v) is 5.58. The molecule has 1 aliphatic rings. The van der Waals surface area contributed by atoms with Gasteiger partial charge in [-0.2, -0.15) is 0 Å². The van der Waals surface area contributed by atoms with Gasteiger partial charge in [0.2, 0.25) is 5.56 Å². The lowest BCUT2D eigenvalue weighted by Gasteiger charge is -2.30. The zero-order valence-electron chi connectivity index (χ0n) is 9.60. The minimum atomic E-state index is -0.294. The number of pyridine rings is 1. The number of carbonyl (C=O) groups excluding carboxylic acids is 2. The molecule has 5 nitrogen and oxygen atoms in total. The Morgan fingerprint density at radius 1 is 1.47 bits per heavy atom. The van der Waals surface area contributed by atoms with E-state index in [2.05, 4.69) is 4.98 Å². The van der Waals surface area contributed by atoms with Crippen molar-refractivity contribution < 1.29 is 9.59 Å². The van der Waals surface area contributed by atoms with Crippen LogP contribution in [0.4, 0.5) is 0 Å². The normalized spacial score (nSPS) is 20.4. The van der Waals surface area contributed by atoms with Gasteiger partial charge in [-0.3, -0.25) is 14.4 Å². The second-order valence-corrected chi connectivity index (χ2v) is 4.31. The van der Waals surface area contributed by atoms with E-state index in [4.69, 9.17) is 0 Å². The molecule has 1 unspecified atom stereocenters. The van der Waals surface area contributed by atoms with Crippen LogP contribution in [0.25, 0.3) is 0 Å². The number of likely N-dealkylation sites (tertiary alicyclic amines) is 1. The fourth-order valence-electron chi connectivity index (χ4n) is 1.96. The van der Waals surface area contributed by atoms with Crippen molar-refractivity contribution in [2.24, 2.45) is 5.92 Å². The van der Waals surface area contributed by atoms with Crippen molar-refractivity contribution in [3.05, 3.63) is 34.2 Å². The van der Waals surface area contributed by atoms with Gasteiger partial charge >= 0.3 is 0 Å². The van der Waals surface area contributed by atoms with E-state index >= 15 is 0 Å². The third kappa shape index (κ3) is 2.43. The molecule has 1 fully saturated rings. The minimum Gasteiger partial charge on any atom is -0.337 e. The maximum absolute atomic E-state index is 12.1. The van der Waals surface area contributed by atoms with Crippen molar-refractivity contribution in [3.63, 3.8) is 0 Å². The Bertz CT molecular complexity index is 506. The third-order valence-electron chi connectivity index (χ3n) is 2.98.